The molecule has 0 saturated heterocycles. The molecule has 0 aromatic heterocycles. The van der Waals surface area contributed by atoms with Gasteiger partial charge in [-0.1, -0.05) is 62.8 Å². The lowest BCUT2D eigenvalue weighted by molar-refractivity contribution is 0.0705. The fraction of sp³-hybridized carbons (Fsp3) is 0.714. The van der Waals surface area contributed by atoms with Gasteiger partial charge in [0.1, 0.15) is 5.94 Å². The van der Waals surface area contributed by atoms with E-state index in [1.807, 2.05) is 33.6 Å². The predicted molar refractivity (Wildman–Crippen MR) is 138 cm³/mol. The summed E-state index contributed by atoms with van der Waals surface area (Å²) in [6.07, 6.45) is 12.4. The van der Waals surface area contributed by atoms with Gasteiger partial charge >= 0.3 is 8.80 Å². The molecule has 5 heteroatoms. The third-order valence-electron chi connectivity index (χ3n) is 6.91. The molecule has 33 heavy (non-hydrogen) atoms. The minimum Gasteiger partial charge on any atom is -0.374 e. The van der Waals surface area contributed by atoms with E-state index in [1.165, 1.54) is 56.1 Å². The summed E-state index contributed by atoms with van der Waals surface area (Å²) >= 11 is 0. The Morgan fingerprint density at radius 1 is 0.848 bits per heavy atom. The first kappa shape index (κ1) is 28.0. The summed E-state index contributed by atoms with van der Waals surface area (Å²) in [7, 11) is -2.47. The van der Waals surface area contributed by atoms with Crippen LogP contribution in [0, 0.1) is 11.8 Å². The molecule has 0 bridgehead atoms. The van der Waals surface area contributed by atoms with Crippen LogP contribution in [-0.4, -0.2) is 34.6 Å². The highest BCUT2D eigenvalue weighted by molar-refractivity contribution is 6.60. The molecule has 0 atom stereocenters. The Bertz CT molecular complexity index is 686. The standard InChI is InChI=1S/C28H46O4Si/c1-5-30-33(31-6-2,32-7-3)21-9-8-10-25-11-13-26(14-12-25)15-16-27-17-19-28(20-18-27)22-24(4)23-29/h17-20,25-26H,5-16,21-22H2,1-4H3. The van der Waals surface area contributed by atoms with Crippen molar-refractivity contribution < 1.29 is 18.1 Å². The molecule has 0 radical (unpaired) electrons. The third-order valence-corrected chi connectivity index (χ3v) is 10.1. The van der Waals surface area contributed by atoms with E-state index in [0.29, 0.717) is 26.2 Å². The van der Waals surface area contributed by atoms with Crippen LogP contribution in [0.25, 0.3) is 0 Å². The van der Waals surface area contributed by atoms with Crippen molar-refractivity contribution in [1.82, 2.24) is 0 Å². The largest absolute Gasteiger partial charge is 0.500 e. The zero-order valence-corrected chi connectivity index (χ0v) is 22.5. The zero-order valence-electron chi connectivity index (χ0n) is 21.5. The molecule has 1 aromatic rings. The van der Waals surface area contributed by atoms with Crippen molar-refractivity contribution in [3.05, 3.63) is 41.0 Å². The monoisotopic (exact) mass is 474 g/mol. The van der Waals surface area contributed by atoms with Crippen molar-refractivity contribution in [1.29, 1.82) is 0 Å². The van der Waals surface area contributed by atoms with Gasteiger partial charge in [-0.05, 0) is 69.9 Å². The maximum absolute atomic E-state index is 10.7. The second-order valence-corrected chi connectivity index (χ2v) is 12.3. The normalized spacial score (nSPS) is 18.8. The van der Waals surface area contributed by atoms with Gasteiger partial charge in [0.15, 0.2) is 0 Å². The summed E-state index contributed by atoms with van der Waals surface area (Å²) in [6, 6.07) is 9.73. The van der Waals surface area contributed by atoms with E-state index < -0.39 is 8.80 Å². The van der Waals surface area contributed by atoms with Crippen LogP contribution in [0.4, 0.5) is 0 Å². The minimum absolute atomic E-state index is 0.664. The van der Waals surface area contributed by atoms with Crippen molar-refractivity contribution in [2.45, 2.75) is 97.9 Å². The molecular weight excluding hydrogens is 428 g/mol. The number of carbonyl (C=O) groups excluding carboxylic acids is 1. The van der Waals surface area contributed by atoms with Crippen molar-refractivity contribution in [2.75, 3.05) is 19.8 Å². The second kappa shape index (κ2) is 15.6. The number of hydrogen-bond donors (Lipinski definition) is 0. The third kappa shape index (κ3) is 10.3. The lowest BCUT2D eigenvalue weighted by atomic mass is 9.78. The van der Waals surface area contributed by atoms with Crippen LogP contribution in [0.1, 0.15) is 90.2 Å². The molecule has 0 unspecified atom stereocenters. The number of benzene rings is 1. The van der Waals surface area contributed by atoms with Crippen LogP contribution in [0.2, 0.25) is 6.04 Å². The SMILES string of the molecule is CCO[Si](CCCCC1CCC(CCc2ccc(CC(C)=C=O)cc2)CC1)(OCC)OCC. The molecule has 1 saturated carbocycles. The molecule has 1 aliphatic rings. The zero-order chi connectivity index (χ0) is 23.9. The van der Waals surface area contributed by atoms with Gasteiger partial charge in [0.25, 0.3) is 0 Å². The lowest BCUT2D eigenvalue weighted by Crippen LogP contribution is -2.45. The highest BCUT2D eigenvalue weighted by atomic mass is 28.4. The number of aryl methyl sites for hydroxylation is 1. The Morgan fingerprint density at radius 3 is 1.88 bits per heavy atom. The van der Waals surface area contributed by atoms with Crippen molar-refractivity contribution in [3.8, 4) is 0 Å². The van der Waals surface area contributed by atoms with Crippen molar-refractivity contribution in [2.24, 2.45) is 11.8 Å². The fourth-order valence-electron chi connectivity index (χ4n) is 5.12. The molecule has 4 nitrogen and oxygen atoms in total. The average Bonchev–Trinajstić information content (AvgIpc) is 2.82. The number of hydrogen-bond acceptors (Lipinski definition) is 4. The molecule has 0 amide bonds. The molecule has 1 fully saturated rings. The number of unbranched alkanes of at least 4 members (excludes halogenated alkanes) is 1. The van der Waals surface area contributed by atoms with Crippen LogP contribution < -0.4 is 0 Å². The summed E-state index contributed by atoms with van der Waals surface area (Å²) in [5.41, 5.74) is 3.38. The predicted octanol–water partition coefficient (Wildman–Crippen LogP) is 6.96. The molecular formula is C28H46O4Si. The molecule has 2 rings (SSSR count). The first-order chi connectivity index (χ1) is 16.0. The highest BCUT2D eigenvalue weighted by Gasteiger charge is 2.39. The summed E-state index contributed by atoms with van der Waals surface area (Å²) in [4.78, 5) is 10.7. The van der Waals surface area contributed by atoms with Crippen LogP contribution in [0.15, 0.2) is 29.8 Å². The van der Waals surface area contributed by atoms with Gasteiger partial charge in [-0.2, -0.15) is 0 Å². The summed E-state index contributed by atoms with van der Waals surface area (Å²) in [5.74, 6) is 3.75. The lowest BCUT2D eigenvalue weighted by Gasteiger charge is -2.30. The van der Waals surface area contributed by atoms with Crippen molar-refractivity contribution in [3.63, 3.8) is 0 Å². The quantitative estimate of drug-likeness (QED) is 0.147. The Morgan fingerprint density at radius 2 is 1.36 bits per heavy atom. The van der Waals surface area contributed by atoms with E-state index in [9.17, 15) is 4.79 Å². The van der Waals surface area contributed by atoms with Gasteiger partial charge in [-0.15, -0.1) is 0 Å². The second-order valence-electron chi connectivity index (χ2n) is 9.53. The fourth-order valence-corrected chi connectivity index (χ4v) is 7.81. The van der Waals surface area contributed by atoms with Crippen LogP contribution in [0.5, 0.6) is 0 Å². The van der Waals surface area contributed by atoms with Gasteiger partial charge in [-0.25, -0.2) is 4.79 Å². The Balaban J connectivity index is 1.65. The molecule has 0 heterocycles. The van der Waals surface area contributed by atoms with Crippen LogP contribution in [-0.2, 0) is 30.9 Å². The van der Waals surface area contributed by atoms with Gasteiger partial charge in [0.05, 0.1) is 0 Å². The van der Waals surface area contributed by atoms with Crippen LogP contribution in [0.3, 0.4) is 0 Å². The summed E-state index contributed by atoms with van der Waals surface area (Å²) in [6.45, 7) is 9.92. The van der Waals surface area contributed by atoms with E-state index in [-0.39, 0.29) is 0 Å². The molecule has 0 aliphatic heterocycles. The Hall–Kier alpha value is -1.23. The smallest absolute Gasteiger partial charge is 0.374 e. The van der Waals surface area contributed by atoms with E-state index in [4.69, 9.17) is 13.3 Å². The maximum atomic E-state index is 10.7. The van der Waals surface area contributed by atoms with Crippen molar-refractivity contribution >= 4 is 14.7 Å². The van der Waals surface area contributed by atoms with E-state index in [1.54, 1.807) is 0 Å². The van der Waals surface area contributed by atoms with E-state index in [0.717, 1.165) is 36.3 Å². The molecule has 1 aromatic carbocycles. The summed E-state index contributed by atoms with van der Waals surface area (Å²) < 4.78 is 18.0. The molecule has 1 aliphatic carbocycles. The van der Waals surface area contributed by atoms with E-state index in [2.05, 4.69) is 24.3 Å². The highest BCUT2D eigenvalue weighted by Crippen LogP contribution is 2.34. The minimum atomic E-state index is -2.47. The number of allylic oxidation sites excluding steroid dienone is 1. The summed E-state index contributed by atoms with van der Waals surface area (Å²) in [5, 5.41) is 0. The Kier molecular flexibility index (Phi) is 13.3. The molecule has 0 N–H and O–H groups in total. The van der Waals surface area contributed by atoms with Gasteiger partial charge in [-0.3, -0.25) is 0 Å². The van der Waals surface area contributed by atoms with Gasteiger partial charge in [0.2, 0.25) is 0 Å². The van der Waals surface area contributed by atoms with E-state index >= 15 is 0 Å². The maximum Gasteiger partial charge on any atom is 0.500 e. The van der Waals surface area contributed by atoms with Gasteiger partial charge < -0.3 is 13.3 Å². The molecule has 0 spiro atoms. The first-order valence-corrected chi connectivity index (χ1v) is 15.2. The average molecular weight is 475 g/mol. The molecule has 186 valence electrons. The topological polar surface area (TPSA) is 44.8 Å². The number of rotatable bonds is 16. The van der Waals surface area contributed by atoms with Gasteiger partial charge in [0, 0.05) is 37.9 Å². The first-order valence-electron chi connectivity index (χ1n) is 13.2. The Labute approximate surface area is 203 Å². The van der Waals surface area contributed by atoms with Crippen LogP contribution >= 0.6 is 0 Å².